The molecule has 0 bridgehead atoms. The number of nitrogens with zero attached hydrogens (tertiary/aromatic N) is 3. The average molecular weight is 344 g/mol. The van der Waals surface area contributed by atoms with Gasteiger partial charge >= 0.3 is 0 Å². The van der Waals surface area contributed by atoms with E-state index in [4.69, 9.17) is 0 Å². The molecule has 6 heteroatoms. The van der Waals surface area contributed by atoms with Crippen LogP contribution >= 0.6 is 11.3 Å². The van der Waals surface area contributed by atoms with Crippen molar-refractivity contribution in [3.8, 4) is 0 Å². The van der Waals surface area contributed by atoms with E-state index in [9.17, 15) is 4.79 Å². The van der Waals surface area contributed by atoms with Gasteiger partial charge in [-0.2, -0.15) is 0 Å². The topological polar surface area (TPSA) is 48.5 Å². The van der Waals surface area contributed by atoms with Crippen molar-refractivity contribution in [1.29, 1.82) is 0 Å². The van der Waals surface area contributed by atoms with E-state index < -0.39 is 0 Å². The third kappa shape index (κ3) is 4.87. The summed E-state index contributed by atoms with van der Waals surface area (Å²) in [6, 6.07) is 8.06. The number of anilines is 1. The third-order valence-corrected chi connectivity index (χ3v) is 4.96. The molecule has 3 rings (SSSR count). The first-order valence-electron chi connectivity index (χ1n) is 8.43. The van der Waals surface area contributed by atoms with Crippen LogP contribution in [0.1, 0.15) is 18.2 Å². The van der Waals surface area contributed by atoms with Crippen LogP contribution in [0.2, 0.25) is 0 Å². The standard InChI is InChI=1S/C18H24N4OS/c1-2-15-4-3-5-16(10-15)20-18(23)12-22-8-6-21(7-9-22)11-17-13-24-14-19-17/h3-5,10,13-14H,2,6-9,11-12H2,1H3,(H,20,23). The highest BCUT2D eigenvalue weighted by atomic mass is 32.1. The van der Waals surface area contributed by atoms with Crippen molar-refractivity contribution >= 4 is 22.9 Å². The Morgan fingerprint density at radius 3 is 2.75 bits per heavy atom. The van der Waals surface area contributed by atoms with Crippen LogP contribution in [0.15, 0.2) is 35.2 Å². The highest BCUT2D eigenvalue weighted by molar-refractivity contribution is 7.07. The summed E-state index contributed by atoms with van der Waals surface area (Å²) in [5.41, 5.74) is 5.15. The third-order valence-electron chi connectivity index (χ3n) is 4.32. The number of rotatable bonds is 6. The molecule has 2 heterocycles. The number of aryl methyl sites for hydroxylation is 1. The molecule has 0 radical (unpaired) electrons. The van der Waals surface area contributed by atoms with Crippen LogP contribution in [0.5, 0.6) is 0 Å². The van der Waals surface area contributed by atoms with Gasteiger partial charge in [0.1, 0.15) is 0 Å². The highest BCUT2D eigenvalue weighted by Gasteiger charge is 2.19. The van der Waals surface area contributed by atoms with Crippen LogP contribution in [-0.4, -0.2) is 53.4 Å². The quantitative estimate of drug-likeness (QED) is 0.874. The number of aromatic nitrogens is 1. The van der Waals surface area contributed by atoms with Gasteiger partial charge in [0, 0.05) is 43.8 Å². The number of carbonyl (C=O) groups excluding carboxylic acids is 1. The van der Waals surface area contributed by atoms with Crippen molar-refractivity contribution < 1.29 is 4.79 Å². The van der Waals surface area contributed by atoms with Crippen molar-refractivity contribution in [2.24, 2.45) is 0 Å². The van der Waals surface area contributed by atoms with Crippen LogP contribution in [-0.2, 0) is 17.8 Å². The van der Waals surface area contributed by atoms with Crippen molar-refractivity contribution in [3.63, 3.8) is 0 Å². The number of amides is 1. The molecule has 0 aliphatic carbocycles. The zero-order chi connectivity index (χ0) is 16.8. The van der Waals surface area contributed by atoms with E-state index in [1.807, 2.05) is 23.7 Å². The predicted octanol–water partition coefficient (Wildman–Crippen LogP) is 2.46. The predicted molar refractivity (Wildman–Crippen MR) is 98.3 cm³/mol. The molecular weight excluding hydrogens is 320 g/mol. The maximum atomic E-state index is 12.2. The van der Waals surface area contributed by atoms with Crippen LogP contribution in [0, 0.1) is 0 Å². The Morgan fingerprint density at radius 2 is 2.04 bits per heavy atom. The molecule has 1 amide bonds. The Bertz CT molecular complexity index is 651. The van der Waals surface area contributed by atoms with E-state index >= 15 is 0 Å². The lowest BCUT2D eigenvalue weighted by Gasteiger charge is -2.33. The second kappa shape index (κ2) is 8.37. The van der Waals surface area contributed by atoms with E-state index in [0.717, 1.165) is 50.5 Å². The first-order valence-corrected chi connectivity index (χ1v) is 9.38. The first kappa shape index (κ1) is 17.1. The first-order chi connectivity index (χ1) is 11.7. The Balaban J connectivity index is 1.42. The summed E-state index contributed by atoms with van der Waals surface area (Å²) in [6.45, 7) is 7.30. The molecule has 1 aromatic heterocycles. The van der Waals surface area contributed by atoms with Gasteiger partial charge in [-0.3, -0.25) is 14.6 Å². The van der Waals surface area contributed by atoms with Crippen LogP contribution in [0.3, 0.4) is 0 Å². The van der Waals surface area contributed by atoms with Crippen molar-refractivity contribution in [2.45, 2.75) is 19.9 Å². The zero-order valence-electron chi connectivity index (χ0n) is 14.1. The lowest BCUT2D eigenvalue weighted by molar-refractivity contribution is -0.117. The summed E-state index contributed by atoms with van der Waals surface area (Å²) < 4.78 is 0. The van der Waals surface area contributed by atoms with E-state index in [1.54, 1.807) is 11.3 Å². The molecule has 0 atom stereocenters. The minimum Gasteiger partial charge on any atom is -0.325 e. The Hall–Kier alpha value is -1.76. The van der Waals surface area contributed by atoms with E-state index in [-0.39, 0.29) is 5.91 Å². The van der Waals surface area contributed by atoms with Gasteiger partial charge in [0.05, 0.1) is 17.7 Å². The summed E-state index contributed by atoms with van der Waals surface area (Å²) in [4.78, 5) is 21.2. The Morgan fingerprint density at radius 1 is 1.25 bits per heavy atom. The molecule has 0 spiro atoms. The molecule has 1 fully saturated rings. The monoisotopic (exact) mass is 344 g/mol. The van der Waals surface area contributed by atoms with E-state index in [2.05, 4.69) is 38.5 Å². The maximum absolute atomic E-state index is 12.2. The molecule has 24 heavy (non-hydrogen) atoms. The molecule has 0 unspecified atom stereocenters. The largest absolute Gasteiger partial charge is 0.325 e. The molecule has 5 nitrogen and oxygen atoms in total. The lowest BCUT2D eigenvalue weighted by Crippen LogP contribution is -2.48. The zero-order valence-corrected chi connectivity index (χ0v) is 14.9. The van der Waals surface area contributed by atoms with Crippen molar-refractivity contribution in [1.82, 2.24) is 14.8 Å². The second-order valence-corrected chi connectivity index (χ2v) is 6.85. The van der Waals surface area contributed by atoms with Crippen LogP contribution < -0.4 is 5.32 Å². The molecule has 1 aliphatic rings. The molecule has 1 aliphatic heterocycles. The lowest BCUT2D eigenvalue weighted by atomic mass is 10.1. The van der Waals surface area contributed by atoms with Crippen molar-refractivity contribution in [2.75, 3.05) is 38.0 Å². The molecule has 1 aromatic carbocycles. The smallest absolute Gasteiger partial charge is 0.238 e. The number of piperazine rings is 1. The number of carbonyl (C=O) groups is 1. The van der Waals surface area contributed by atoms with E-state index in [1.165, 1.54) is 5.56 Å². The number of thiazole rings is 1. The van der Waals surface area contributed by atoms with Gasteiger partial charge in [0.2, 0.25) is 5.91 Å². The number of benzene rings is 1. The number of hydrogen-bond donors (Lipinski definition) is 1. The van der Waals surface area contributed by atoms with E-state index in [0.29, 0.717) is 6.54 Å². The molecule has 1 saturated heterocycles. The Kier molecular flexibility index (Phi) is 5.96. The molecule has 0 saturated carbocycles. The highest BCUT2D eigenvalue weighted by Crippen LogP contribution is 2.12. The fourth-order valence-electron chi connectivity index (χ4n) is 2.92. The van der Waals surface area contributed by atoms with Gasteiger partial charge in [-0.25, -0.2) is 4.98 Å². The molecular formula is C18H24N4OS. The fourth-order valence-corrected chi connectivity index (χ4v) is 3.47. The molecule has 1 N–H and O–H groups in total. The number of nitrogens with one attached hydrogen (secondary N) is 1. The summed E-state index contributed by atoms with van der Waals surface area (Å²) in [6.07, 6.45) is 0.977. The van der Waals surface area contributed by atoms with Gasteiger partial charge in [0.25, 0.3) is 0 Å². The van der Waals surface area contributed by atoms with Crippen LogP contribution in [0.25, 0.3) is 0 Å². The van der Waals surface area contributed by atoms with Gasteiger partial charge in [0.15, 0.2) is 0 Å². The van der Waals surface area contributed by atoms with Gasteiger partial charge in [-0.05, 0) is 24.1 Å². The fraction of sp³-hybridized carbons (Fsp3) is 0.444. The second-order valence-electron chi connectivity index (χ2n) is 6.13. The minimum atomic E-state index is 0.0659. The summed E-state index contributed by atoms with van der Waals surface area (Å²) >= 11 is 1.64. The van der Waals surface area contributed by atoms with Gasteiger partial charge in [-0.1, -0.05) is 19.1 Å². The molecule has 2 aromatic rings. The average Bonchev–Trinajstić information content (AvgIpc) is 3.10. The summed E-state index contributed by atoms with van der Waals surface area (Å²) in [5, 5.41) is 5.11. The Labute approximate surface area is 147 Å². The minimum absolute atomic E-state index is 0.0659. The SMILES string of the molecule is CCc1cccc(NC(=O)CN2CCN(Cc3cscn3)CC2)c1. The molecule has 128 valence electrons. The van der Waals surface area contributed by atoms with Crippen molar-refractivity contribution in [3.05, 3.63) is 46.4 Å². The van der Waals surface area contributed by atoms with Gasteiger partial charge in [-0.15, -0.1) is 11.3 Å². The van der Waals surface area contributed by atoms with Gasteiger partial charge < -0.3 is 5.32 Å². The normalized spacial score (nSPS) is 16.2. The number of hydrogen-bond acceptors (Lipinski definition) is 5. The summed E-state index contributed by atoms with van der Waals surface area (Å²) in [7, 11) is 0. The maximum Gasteiger partial charge on any atom is 0.238 e. The van der Waals surface area contributed by atoms with Crippen LogP contribution in [0.4, 0.5) is 5.69 Å². The summed E-state index contributed by atoms with van der Waals surface area (Å²) in [5.74, 6) is 0.0659.